The van der Waals surface area contributed by atoms with E-state index in [-0.39, 0.29) is 12.1 Å². The number of hydrogen-bond acceptors (Lipinski definition) is 3. The van der Waals surface area contributed by atoms with Crippen molar-refractivity contribution in [1.82, 2.24) is 0 Å². The molecule has 0 unspecified atom stereocenters. The van der Waals surface area contributed by atoms with Crippen LogP contribution in [0.15, 0.2) is 24.3 Å². The van der Waals surface area contributed by atoms with E-state index in [0.29, 0.717) is 12.5 Å². The smallest absolute Gasteiger partial charge is 0.414 e. The average Bonchev–Trinajstić information content (AvgIpc) is 2.35. The van der Waals surface area contributed by atoms with Gasteiger partial charge < -0.3 is 10.1 Å². The van der Waals surface area contributed by atoms with Crippen molar-refractivity contribution >= 4 is 17.5 Å². The van der Waals surface area contributed by atoms with Crippen LogP contribution in [0.1, 0.15) is 34.6 Å². The van der Waals surface area contributed by atoms with Crippen LogP contribution in [0.25, 0.3) is 0 Å². The first-order chi connectivity index (χ1) is 9.28. The summed E-state index contributed by atoms with van der Waals surface area (Å²) in [6.07, 6.45) is -0.280. The Morgan fingerprint density at radius 3 is 2.60 bits per heavy atom. The molecule has 0 spiro atoms. The quantitative estimate of drug-likeness (QED) is 0.846. The van der Waals surface area contributed by atoms with Crippen molar-refractivity contribution in [2.75, 3.05) is 16.8 Å². The summed E-state index contributed by atoms with van der Waals surface area (Å²) < 4.78 is 5.52. The summed E-state index contributed by atoms with van der Waals surface area (Å²) in [5.74, 6) is 0.438. The van der Waals surface area contributed by atoms with Crippen LogP contribution in [0.3, 0.4) is 0 Å². The normalized spacial score (nSPS) is 18.5. The lowest BCUT2D eigenvalue weighted by molar-refractivity contribution is 0.0576. The molecule has 110 valence electrons. The average molecular weight is 276 g/mol. The third-order valence-corrected chi connectivity index (χ3v) is 3.33. The molecule has 4 nitrogen and oxygen atoms in total. The van der Waals surface area contributed by atoms with Crippen LogP contribution >= 0.6 is 0 Å². The van der Waals surface area contributed by atoms with Gasteiger partial charge in [0, 0.05) is 12.6 Å². The number of nitrogens with zero attached hydrogens (tertiary/aromatic N) is 1. The SMILES string of the molecule is CC(C)[C@H]1CN(C(=O)OC(C)(C)C)c2ccccc2N1. The molecule has 0 radical (unpaired) electrons. The van der Waals surface area contributed by atoms with Gasteiger partial charge in [-0.05, 0) is 38.8 Å². The molecule has 1 atom stereocenters. The van der Waals surface area contributed by atoms with Gasteiger partial charge in [-0.15, -0.1) is 0 Å². The second-order valence-electron chi connectivity index (χ2n) is 6.60. The maximum absolute atomic E-state index is 12.4. The Kier molecular flexibility index (Phi) is 3.93. The minimum atomic E-state index is -0.482. The highest BCUT2D eigenvalue weighted by Gasteiger charge is 2.32. The van der Waals surface area contributed by atoms with Crippen LogP contribution in [0.5, 0.6) is 0 Å². The van der Waals surface area contributed by atoms with E-state index in [1.54, 1.807) is 4.90 Å². The highest BCUT2D eigenvalue weighted by Crippen LogP contribution is 2.33. The number of fused-ring (bicyclic) bond motifs is 1. The Hall–Kier alpha value is -1.71. The van der Waals surface area contributed by atoms with Crippen LogP contribution in [0.4, 0.5) is 16.2 Å². The van der Waals surface area contributed by atoms with E-state index in [2.05, 4.69) is 19.2 Å². The van der Waals surface area contributed by atoms with Crippen molar-refractivity contribution in [2.45, 2.75) is 46.3 Å². The van der Waals surface area contributed by atoms with E-state index in [9.17, 15) is 4.79 Å². The van der Waals surface area contributed by atoms with Gasteiger partial charge in [-0.1, -0.05) is 26.0 Å². The van der Waals surface area contributed by atoms with Gasteiger partial charge in [-0.3, -0.25) is 4.90 Å². The first-order valence-electron chi connectivity index (χ1n) is 7.14. The molecule has 20 heavy (non-hydrogen) atoms. The summed E-state index contributed by atoms with van der Waals surface area (Å²) in [5.41, 5.74) is 1.39. The van der Waals surface area contributed by atoms with Crippen molar-refractivity contribution < 1.29 is 9.53 Å². The van der Waals surface area contributed by atoms with E-state index in [0.717, 1.165) is 11.4 Å². The van der Waals surface area contributed by atoms with Crippen LogP contribution in [-0.2, 0) is 4.74 Å². The number of carbonyl (C=O) groups excluding carboxylic acids is 1. The van der Waals surface area contributed by atoms with Gasteiger partial charge in [0.05, 0.1) is 11.4 Å². The molecule has 0 fully saturated rings. The number of amides is 1. The standard InChI is InChI=1S/C16H24N2O2/c1-11(2)13-10-18(15(19)20-16(3,4)5)14-9-7-6-8-12(14)17-13/h6-9,11,13,17H,10H2,1-5H3/t13-/m1/s1. The monoisotopic (exact) mass is 276 g/mol. The molecule has 1 aliphatic rings. The molecular weight excluding hydrogens is 252 g/mol. The molecule has 0 saturated heterocycles. The Bertz CT molecular complexity index is 491. The number of ether oxygens (including phenoxy) is 1. The van der Waals surface area contributed by atoms with Gasteiger partial charge >= 0.3 is 6.09 Å². The predicted octanol–water partition coefficient (Wildman–Crippen LogP) is 3.88. The van der Waals surface area contributed by atoms with Gasteiger partial charge in [0.2, 0.25) is 0 Å². The largest absolute Gasteiger partial charge is 0.443 e. The summed E-state index contributed by atoms with van der Waals surface area (Å²) in [6, 6.07) is 8.09. The van der Waals surface area contributed by atoms with E-state index < -0.39 is 5.60 Å². The fourth-order valence-electron chi connectivity index (χ4n) is 2.24. The summed E-state index contributed by atoms with van der Waals surface area (Å²) in [7, 11) is 0. The van der Waals surface area contributed by atoms with Crippen LogP contribution in [0, 0.1) is 5.92 Å². The minimum absolute atomic E-state index is 0.234. The third-order valence-electron chi connectivity index (χ3n) is 3.33. The molecule has 1 aliphatic heterocycles. The van der Waals surface area contributed by atoms with Crippen molar-refractivity contribution in [1.29, 1.82) is 0 Å². The Labute approximate surface area is 121 Å². The zero-order chi connectivity index (χ0) is 14.9. The summed E-state index contributed by atoms with van der Waals surface area (Å²) >= 11 is 0. The highest BCUT2D eigenvalue weighted by molar-refractivity contribution is 5.93. The van der Waals surface area contributed by atoms with Crippen LogP contribution < -0.4 is 10.2 Å². The van der Waals surface area contributed by atoms with Gasteiger partial charge in [-0.2, -0.15) is 0 Å². The summed E-state index contributed by atoms with van der Waals surface area (Å²) in [6.45, 7) is 10.6. The highest BCUT2D eigenvalue weighted by atomic mass is 16.6. The Morgan fingerprint density at radius 2 is 2.00 bits per heavy atom. The lowest BCUT2D eigenvalue weighted by Gasteiger charge is -2.38. The predicted molar refractivity (Wildman–Crippen MR) is 82.3 cm³/mol. The fraction of sp³-hybridized carbons (Fsp3) is 0.562. The fourth-order valence-corrected chi connectivity index (χ4v) is 2.24. The molecule has 2 rings (SSSR count). The van der Waals surface area contributed by atoms with Crippen LogP contribution in [0.2, 0.25) is 0 Å². The number of nitrogens with one attached hydrogen (secondary N) is 1. The van der Waals surface area contributed by atoms with Crippen molar-refractivity contribution in [3.63, 3.8) is 0 Å². The molecule has 1 heterocycles. The molecule has 0 aliphatic carbocycles. The molecule has 1 aromatic carbocycles. The van der Waals surface area contributed by atoms with E-state index >= 15 is 0 Å². The third kappa shape index (κ3) is 3.24. The number of carbonyl (C=O) groups is 1. The van der Waals surface area contributed by atoms with Gasteiger partial charge in [0.15, 0.2) is 0 Å². The summed E-state index contributed by atoms with van der Waals surface area (Å²) in [4.78, 5) is 14.2. The van der Waals surface area contributed by atoms with Crippen molar-refractivity contribution in [3.05, 3.63) is 24.3 Å². The Morgan fingerprint density at radius 1 is 1.35 bits per heavy atom. The number of para-hydroxylation sites is 2. The molecule has 0 bridgehead atoms. The second-order valence-corrected chi connectivity index (χ2v) is 6.60. The van der Waals surface area contributed by atoms with Crippen molar-refractivity contribution in [2.24, 2.45) is 5.92 Å². The molecule has 1 amide bonds. The lowest BCUT2D eigenvalue weighted by atomic mass is 10.00. The zero-order valence-electron chi connectivity index (χ0n) is 12.9. The second kappa shape index (κ2) is 5.35. The topological polar surface area (TPSA) is 41.6 Å². The lowest BCUT2D eigenvalue weighted by Crippen LogP contribution is -2.48. The van der Waals surface area contributed by atoms with Crippen LogP contribution in [-0.4, -0.2) is 24.3 Å². The molecule has 4 heteroatoms. The van der Waals surface area contributed by atoms with Gasteiger partial charge in [0.25, 0.3) is 0 Å². The van der Waals surface area contributed by atoms with E-state index in [1.807, 2.05) is 45.0 Å². The maximum atomic E-state index is 12.4. The van der Waals surface area contributed by atoms with E-state index in [1.165, 1.54) is 0 Å². The number of rotatable bonds is 1. The van der Waals surface area contributed by atoms with Gasteiger partial charge in [0.1, 0.15) is 5.60 Å². The maximum Gasteiger partial charge on any atom is 0.414 e. The molecule has 1 N–H and O–H groups in total. The van der Waals surface area contributed by atoms with Gasteiger partial charge in [-0.25, -0.2) is 4.79 Å². The number of hydrogen-bond donors (Lipinski definition) is 1. The van der Waals surface area contributed by atoms with Crippen molar-refractivity contribution in [3.8, 4) is 0 Å². The van der Waals surface area contributed by atoms with E-state index in [4.69, 9.17) is 4.74 Å². The minimum Gasteiger partial charge on any atom is -0.443 e. The number of anilines is 2. The number of benzene rings is 1. The first-order valence-corrected chi connectivity index (χ1v) is 7.14. The zero-order valence-corrected chi connectivity index (χ0v) is 12.9. The molecular formula is C16H24N2O2. The first kappa shape index (κ1) is 14.7. The molecule has 1 aromatic rings. The molecule has 0 saturated carbocycles. The Balaban J connectivity index is 2.29. The summed E-state index contributed by atoms with van der Waals surface area (Å²) in [5, 5.41) is 3.49. The molecule has 0 aromatic heterocycles.